The number of thioether (sulfide) groups is 1. The molecule has 172 valence electrons. The summed E-state index contributed by atoms with van der Waals surface area (Å²) in [7, 11) is 0. The van der Waals surface area contributed by atoms with Crippen LogP contribution in [-0.2, 0) is 11.3 Å². The minimum absolute atomic E-state index is 0.0718. The van der Waals surface area contributed by atoms with E-state index in [-0.39, 0.29) is 11.4 Å². The number of halogens is 1. The van der Waals surface area contributed by atoms with Crippen LogP contribution in [0.5, 0.6) is 0 Å². The van der Waals surface area contributed by atoms with Crippen LogP contribution in [0.3, 0.4) is 0 Å². The maximum atomic E-state index is 12.9. The van der Waals surface area contributed by atoms with Gasteiger partial charge in [-0.3, -0.25) is 10.2 Å². The highest BCUT2D eigenvalue weighted by atomic mass is 35.5. The Bertz CT molecular complexity index is 1370. The fourth-order valence-electron chi connectivity index (χ4n) is 4.12. The van der Waals surface area contributed by atoms with Gasteiger partial charge in [0.2, 0.25) is 5.17 Å². The van der Waals surface area contributed by atoms with Crippen molar-refractivity contribution < 1.29 is 4.79 Å². The van der Waals surface area contributed by atoms with E-state index in [0.29, 0.717) is 16.7 Å². The van der Waals surface area contributed by atoms with Gasteiger partial charge >= 0.3 is 0 Å². The number of aromatic nitrogens is 1. The van der Waals surface area contributed by atoms with E-state index in [9.17, 15) is 4.79 Å². The van der Waals surface area contributed by atoms with Gasteiger partial charge in [0.25, 0.3) is 5.91 Å². The molecule has 0 spiro atoms. The number of amides is 1. The number of benzene rings is 2. The third kappa shape index (κ3) is 4.45. The number of aliphatic imine (C=N–C) groups is 1. The van der Waals surface area contributed by atoms with Crippen molar-refractivity contribution in [2.24, 2.45) is 10.1 Å². The molecule has 1 N–H and O–H groups in total. The third-order valence-corrected chi connectivity index (χ3v) is 7.10. The van der Waals surface area contributed by atoms with E-state index in [1.165, 1.54) is 16.8 Å². The van der Waals surface area contributed by atoms with Gasteiger partial charge in [-0.05, 0) is 54.4 Å². The smallest absolute Gasteiger partial charge is 0.283 e. The minimum Gasteiger partial charge on any atom is -0.342 e. The van der Waals surface area contributed by atoms with Crippen LogP contribution in [-0.4, -0.2) is 31.5 Å². The second-order valence-corrected chi connectivity index (χ2v) is 9.80. The molecule has 0 aliphatic carbocycles. The first-order valence-electron chi connectivity index (χ1n) is 11.3. The largest absolute Gasteiger partial charge is 0.342 e. The molecule has 3 heterocycles. The van der Waals surface area contributed by atoms with Crippen LogP contribution in [0, 0.1) is 5.41 Å². The number of carbonyl (C=O) groups is 1. The molecular weight excluding hydrogens is 466 g/mol. The number of rotatable bonds is 7. The van der Waals surface area contributed by atoms with E-state index in [4.69, 9.17) is 17.0 Å². The minimum atomic E-state index is -0.400. The Morgan fingerprint density at radius 2 is 1.91 bits per heavy atom. The molecule has 34 heavy (non-hydrogen) atoms. The van der Waals surface area contributed by atoms with Gasteiger partial charge in [0, 0.05) is 34.2 Å². The lowest BCUT2D eigenvalue weighted by atomic mass is 10.1. The number of hydrogen-bond donors (Lipinski definition) is 1. The summed E-state index contributed by atoms with van der Waals surface area (Å²) in [5.41, 5.74) is 3.29. The Morgan fingerprint density at radius 1 is 1.12 bits per heavy atom. The number of nitrogens with one attached hydrogen (secondary N) is 1. The predicted molar refractivity (Wildman–Crippen MR) is 142 cm³/mol. The van der Waals surface area contributed by atoms with Gasteiger partial charge in [0.05, 0.1) is 5.57 Å². The zero-order valence-corrected chi connectivity index (χ0v) is 20.4. The summed E-state index contributed by atoms with van der Waals surface area (Å²) in [5.74, 6) is -0.328. The zero-order chi connectivity index (χ0) is 23.7. The third-order valence-electron chi connectivity index (χ3n) is 5.88. The molecule has 0 unspecified atom stereocenters. The molecule has 2 aliphatic rings. The zero-order valence-electron chi connectivity index (χ0n) is 18.8. The van der Waals surface area contributed by atoms with E-state index in [0.717, 1.165) is 52.8 Å². The highest BCUT2D eigenvalue weighted by Crippen LogP contribution is 2.31. The average molecular weight is 490 g/mol. The lowest BCUT2D eigenvalue weighted by Gasteiger charge is -2.20. The number of nitrogens with zero attached hydrogens (tertiary/aromatic N) is 4. The van der Waals surface area contributed by atoms with Gasteiger partial charge in [-0.15, -0.1) is 0 Å². The molecule has 1 aromatic heterocycles. The number of unbranched alkanes of at least 4 members (excludes halogenated alkanes) is 2. The maximum Gasteiger partial charge on any atom is 0.283 e. The molecule has 2 aromatic carbocycles. The Hall–Kier alpha value is -3.16. The van der Waals surface area contributed by atoms with Crippen molar-refractivity contribution in [1.29, 1.82) is 5.41 Å². The van der Waals surface area contributed by atoms with E-state index in [1.807, 2.05) is 48.7 Å². The number of hydrogen-bond acceptors (Lipinski definition) is 4. The highest BCUT2D eigenvalue weighted by molar-refractivity contribution is 8.26. The van der Waals surface area contributed by atoms with Crippen molar-refractivity contribution in [3.63, 3.8) is 0 Å². The molecular formula is C26H24ClN5OS. The van der Waals surface area contributed by atoms with Crippen LogP contribution in [0.4, 0.5) is 0 Å². The molecule has 6 nitrogen and oxygen atoms in total. The summed E-state index contributed by atoms with van der Waals surface area (Å²) in [6, 6.07) is 15.8. The maximum absolute atomic E-state index is 12.9. The average Bonchev–Trinajstić information content (AvgIpc) is 3.40. The van der Waals surface area contributed by atoms with Crippen molar-refractivity contribution in [2.45, 2.75) is 39.2 Å². The second-order valence-electron chi connectivity index (χ2n) is 8.33. The molecule has 1 amide bonds. The molecule has 2 aliphatic heterocycles. The van der Waals surface area contributed by atoms with Crippen molar-refractivity contribution in [1.82, 2.24) is 9.58 Å². The highest BCUT2D eigenvalue weighted by Gasteiger charge is 2.35. The number of amidine groups is 2. The van der Waals surface area contributed by atoms with E-state index in [1.54, 1.807) is 6.08 Å². The summed E-state index contributed by atoms with van der Waals surface area (Å²) >= 11 is 7.43. The summed E-state index contributed by atoms with van der Waals surface area (Å²) in [4.78, 5) is 17.1. The topological polar surface area (TPSA) is 73.8 Å². The Labute approximate surface area is 207 Å². The quantitative estimate of drug-likeness (QED) is 0.302. The monoisotopic (exact) mass is 489 g/mol. The summed E-state index contributed by atoms with van der Waals surface area (Å²) < 4.78 is 2.15. The van der Waals surface area contributed by atoms with Gasteiger partial charge < -0.3 is 4.57 Å². The first-order chi connectivity index (χ1) is 16.5. The lowest BCUT2D eigenvalue weighted by molar-refractivity contribution is -0.114. The van der Waals surface area contributed by atoms with E-state index in [2.05, 4.69) is 27.7 Å². The first-order valence-corrected chi connectivity index (χ1v) is 12.5. The van der Waals surface area contributed by atoms with Gasteiger partial charge in [-0.1, -0.05) is 61.7 Å². The first kappa shape index (κ1) is 22.6. The van der Waals surface area contributed by atoms with E-state index >= 15 is 0 Å². The van der Waals surface area contributed by atoms with Crippen molar-refractivity contribution >= 4 is 62.3 Å². The molecule has 0 saturated carbocycles. The molecule has 0 fully saturated rings. The lowest BCUT2D eigenvalue weighted by Crippen LogP contribution is -2.35. The number of carbonyl (C=O) groups excluding carboxylic acids is 1. The summed E-state index contributed by atoms with van der Waals surface area (Å²) in [6.07, 6.45) is 7.93. The molecule has 8 heteroatoms. The van der Waals surface area contributed by atoms with Crippen molar-refractivity contribution in [3.05, 3.63) is 76.5 Å². The number of fused-ring (bicyclic) bond motifs is 2. The number of para-hydroxylation sites is 1. The van der Waals surface area contributed by atoms with Crippen LogP contribution in [0.2, 0.25) is 5.02 Å². The predicted octanol–water partition coefficient (Wildman–Crippen LogP) is 6.54. The van der Waals surface area contributed by atoms with Gasteiger partial charge in [-0.2, -0.15) is 15.1 Å². The van der Waals surface area contributed by atoms with Crippen LogP contribution >= 0.6 is 23.4 Å². The Balaban J connectivity index is 1.47. The molecule has 5 rings (SSSR count). The molecule has 0 saturated heterocycles. The normalized spacial score (nSPS) is 16.9. The van der Waals surface area contributed by atoms with Crippen LogP contribution in [0.1, 0.15) is 43.7 Å². The fraction of sp³-hybridized carbons (Fsp3) is 0.231. The molecule has 0 atom stereocenters. The summed E-state index contributed by atoms with van der Waals surface area (Å²) in [5, 5.41) is 17.8. The second kappa shape index (κ2) is 9.60. The Kier molecular flexibility index (Phi) is 6.39. The van der Waals surface area contributed by atoms with Crippen LogP contribution < -0.4 is 0 Å². The standard InChI is InChI=1S/C26H24ClN5OS/c1-2-3-4-9-23-30-32-24(28)21(25(33)29-26(32)34-23)14-18-16-31(22-8-6-5-7-20(18)22)15-17-10-12-19(27)13-11-17/h5-8,10-14,16,28H,2-4,9,15H2,1H3/b21-14+,28-24?. The van der Waals surface area contributed by atoms with E-state index < -0.39 is 5.91 Å². The van der Waals surface area contributed by atoms with Crippen LogP contribution in [0.25, 0.3) is 17.0 Å². The molecule has 0 radical (unpaired) electrons. The molecule has 3 aromatic rings. The Morgan fingerprint density at radius 3 is 2.71 bits per heavy atom. The van der Waals surface area contributed by atoms with Crippen LogP contribution in [0.15, 0.2) is 70.4 Å². The van der Waals surface area contributed by atoms with Gasteiger partial charge in [0.1, 0.15) is 5.04 Å². The number of hydrazone groups is 1. The SMILES string of the molecule is CCCCCC1=NN2C(=N)/C(=C\c3cn(Cc4ccc(Cl)cc4)c4ccccc34)C(=O)N=C2S1. The summed E-state index contributed by atoms with van der Waals surface area (Å²) in [6.45, 7) is 2.83. The van der Waals surface area contributed by atoms with Crippen molar-refractivity contribution in [2.75, 3.05) is 0 Å². The van der Waals surface area contributed by atoms with Gasteiger partial charge in [-0.25, -0.2) is 0 Å². The fourth-order valence-corrected chi connectivity index (χ4v) is 5.17. The molecule has 0 bridgehead atoms. The van der Waals surface area contributed by atoms with Crippen molar-refractivity contribution in [3.8, 4) is 0 Å². The van der Waals surface area contributed by atoms with Gasteiger partial charge in [0.15, 0.2) is 5.84 Å².